The molecule has 126 valence electrons. The number of rotatable bonds is 2. The summed E-state index contributed by atoms with van der Waals surface area (Å²) in [7, 11) is 1.62. The van der Waals surface area contributed by atoms with Gasteiger partial charge in [-0.1, -0.05) is 19.8 Å². The highest BCUT2D eigenvalue weighted by Gasteiger charge is 2.55. The van der Waals surface area contributed by atoms with Crippen molar-refractivity contribution in [3.63, 3.8) is 0 Å². The zero-order chi connectivity index (χ0) is 17.3. The molecule has 4 nitrogen and oxygen atoms in total. The van der Waals surface area contributed by atoms with E-state index >= 15 is 0 Å². The van der Waals surface area contributed by atoms with Crippen molar-refractivity contribution < 1.29 is 19.3 Å². The molecule has 1 aromatic rings. The molecule has 1 unspecified atom stereocenters. The van der Waals surface area contributed by atoms with Crippen LogP contribution in [0.1, 0.15) is 40.2 Å². The van der Waals surface area contributed by atoms with Gasteiger partial charge in [0.05, 0.1) is 19.3 Å². The first-order valence-electron chi connectivity index (χ1n) is 7.77. The van der Waals surface area contributed by atoms with E-state index in [1.807, 2.05) is 58.9 Å². The van der Waals surface area contributed by atoms with Crippen LogP contribution in [0, 0.1) is 17.3 Å². The first-order valence-corrected chi connectivity index (χ1v) is 7.77. The molecule has 1 N–H and O–H groups in total. The minimum Gasteiger partial charge on any atom is -0.497 e. The molecule has 1 fully saturated rings. The van der Waals surface area contributed by atoms with E-state index in [1.165, 1.54) is 0 Å². The molecule has 1 aromatic carbocycles. The number of ether oxygens (including phenoxy) is 3. The van der Waals surface area contributed by atoms with Gasteiger partial charge in [0.1, 0.15) is 11.9 Å². The summed E-state index contributed by atoms with van der Waals surface area (Å²) in [5, 5.41) is 10.9. The van der Waals surface area contributed by atoms with Crippen molar-refractivity contribution in [2.75, 3.05) is 13.7 Å². The van der Waals surface area contributed by atoms with E-state index in [0.29, 0.717) is 6.61 Å². The van der Waals surface area contributed by atoms with Gasteiger partial charge in [-0.2, -0.15) is 0 Å². The molecule has 1 heterocycles. The predicted octanol–water partition coefficient (Wildman–Crippen LogP) is 2.98. The van der Waals surface area contributed by atoms with Crippen LogP contribution < -0.4 is 4.74 Å². The molecule has 0 aromatic heterocycles. The second-order valence-electron chi connectivity index (χ2n) is 7.56. The fraction of sp³-hybridized carbons (Fsp3) is 0.579. The van der Waals surface area contributed by atoms with Crippen LogP contribution in [0.25, 0.3) is 0 Å². The molecular formula is C19H26O4. The lowest BCUT2D eigenvalue weighted by atomic mass is 9.85. The van der Waals surface area contributed by atoms with Crippen molar-refractivity contribution in [2.24, 2.45) is 5.41 Å². The Morgan fingerprint density at radius 2 is 1.83 bits per heavy atom. The van der Waals surface area contributed by atoms with Crippen LogP contribution in [-0.2, 0) is 9.47 Å². The highest BCUT2D eigenvalue weighted by atomic mass is 16.7. The maximum atomic E-state index is 10.9. The normalized spacial score (nSPS) is 26.5. The van der Waals surface area contributed by atoms with Gasteiger partial charge in [0.25, 0.3) is 5.79 Å². The van der Waals surface area contributed by atoms with Crippen LogP contribution in [0.2, 0.25) is 0 Å². The van der Waals surface area contributed by atoms with Crippen LogP contribution in [0.4, 0.5) is 0 Å². The van der Waals surface area contributed by atoms with E-state index in [2.05, 4.69) is 11.8 Å². The molecular weight excluding hydrogens is 292 g/mol. The number of aliphatic hydroxyl groups is 1. The first kappa shape index (κ1) is 17.8. The first-order chi connectivity index (χ1) is 10.6. The van der Waals surface area contributed by atoms with Crippen molar-refractivity contribution >= 4 is 0 Å². The van der Waals surface area contributed by atoms with E-state index in [1.54, 1.807) is 7.11 Å². The molecule has 0 spiro atoms. The lowest BCUT2D eigenvalue weighted by molar-refractivity contribution is -0.215. The summed E-state index contributed by atoms with van der Waals surface area (Å²) in [6, 6.07) is 7.34. The highest BCUT2D eigenvalue weighted by molar-refractivity contribution is 5.40. The van der Waals surface area contributed by atoms with Gasteiger partial charge in [-0.15, -0.1) is 0 Å². The average molecular weight is 318 g/mol. The second kappa shape index (κ2) is 6.16. The van der Waals surface area contributed by atoms with Crippen molar-refractivity contribution in [1.29, 1.82) is 0 Å². The Balaban J connectivity index is 2.27. The summed E-state index contributed by atoms with van der Waals surface area (Å²) in [6.45, 7) is 10.3. The van der Waals surface area contributed by atoms with Gasteiger partial charge >= 0.3 is 0 Å². The largest absolute Gasteiger partial charge is 0.497 e. The van der Waals surface area contributed by atoms with Crippen LogP contribution in [0.15, 0.2) is 24.3 Å². The van der Waals surface area contributed by atoms with Gasteiger partial charge in [-0.3, -0.25) is 0 Å². The quantitative estimate of drug-likeness (QED) is 0.852. The standard InChI is InChI=1S/C19H26O4/c1-17(2,3)23-16-18(4,5)13-22-19(16,20)12-11-14-7-9-15(21-6)10-8-14/h7-10,16,20H,13H2,1-6H3/t16-,19?/m1/s1. The Kier molecular flexibility index (Phi) is 4.77. The third kappa shape index (κ3) is 4.26. The fourth-order valence-corrected chi connectivity index (χ4v) is 2.51. The van der Waals surface area contributed by atoms with E-state index in [0.717, 1.165) is 11.3 Å². The Bertz CT molecular complexity index is 601. The van der Waals surface area contributed by atoms with Gasteiger partial charge < -0.3 is 19.3 Å². The minimum atomic E-state index is -1.61. The van der Waals surface area contributed by atoms with Crippen LogP contribution in [0.3, 0.4) is 0 Å². The topological polar surface area (TPSA) is 47.9 Å². The van der Waals surface area contributed by atoms with Crippen molar-refractivity contribution in [3.05, 3.63) is 29.8 Å². The predicted molar refractivity (Wildman–Crippen MR) is 89.2 cm³/mol. The Labute approximate surface area is 138 Å². The van der Waals surface area contributed by atoms with Crippen molar-refractivity contribution in [1.82, 2.24) is 0 Å². The Hall–Kier alpha value is -1.54. The molecule has 1 aliphatic heterocycles. The van der Waals surface area contributed by atoms with Gasteiger partial charge in [0.2, 0.25) is 0 Å². The summed E-state index contributed by atoms with van der Waals surface area (Å²) in [4.78, 5) is 0. The smallest absolute Gasteiger partial charge is 0.259 e. The van der Waals surface area contributed by atoms with Gasteiger partial charge in [0.15, 0.2) is 0 Å². The van der Waals surface area contributed by atoms with Crippen molar-refractivity contribution in [3.8, 4) is 17.6 Å². The molecule has 1 saturated heterocycles. The summed E-state index contributed by atoms with van der Waals surface area (Å²) >= 11 is 0. The number of hydrogen-bond donors (Lipinski definition) is 1. The zero-order valence-corrected chi connectivity index (χ0v) is 14.8. The van der Waals surface area contributed by atoms with Crippen LogP contribution in [0.5, 0.6) is 5.75 Å². The maximum Gasteiger partial charge on any atom is 0.259 e. The number of hydrogen-bond acceptors (Lipinski definition) is 4. The summed E-state index contributed by atoms with van der Waals surface area (Å²) in [5.74, 6) is 4.98. The van der Waals surface area contributed by atoms with E-state index in [4.69, 9.17) is 14.2 Å². The second-order valence-corrected chi connectivity index (χ2v) is 7.56. The molecule has 1 aliphatic rings. The lowest BCUT2D eigenvalue weighted by Crippen LogP contribution is -2.48. The SMILES string of the molecule is COc1ccc(C#CC2(O)OCC(C)(C)[C@H]2OC(C)(C)C)cc1. The number of benzene rings is 1. The van der Waals surface area contributed by atoms with Gasteiger partial charge in [-0.25, -0.2) is 0 Å². The molecule has 23 heavy (non-hydrogen) atoms. The Morgan fingerprint density at radius 3 is 2.35 bits per heavy atom. The molecule has 0 amide bonds. The lowest BCUT2D eigenvalue weighted by Gasteiger charge is -2.36. The molecule has 0 radical (unpaired) electrons. The van der Waals surface area contributed by atoms with Crippen LogP contribution >= 0.6 is 0 Å². The van der Waals surface area contributed by atoms with E-state index in [-0.39, 0.29) is 5.41 Å². The van der Waals surface area contributed by atoms with E-state index < -0.39 is 17.5 Å². The van der Waals surface area contributed by atoms with Crippen molar-refractivity contribution in [2.45, 2.75) is 52.1 Å². The molecule has 0 bridgehead atoms. The number of methoxy groups -OCH3 is 1. The average Bonchev–Trinajstić information content (AvgIpc) is 2.69. The molecule has 0 aliphatic carbocycles. The molecule has 4 heteroatoms. The molecule has 2 atom stereocenters. The third-order valence-electron chi connectivity index (χ3n) is 3.68. The summed E-state index contributed by atoms with van der Waals surface area (Å²) in [5.41, 5.74) is 0.0595. The zero-order valence-electron chi connectivity index (χ0n) is 14.8. The summed E-state index contributed by atoms with van der Waals surface area (Å²) < 4.78 is 16.8. The highest BCUT2D eigenvalue weighted by Crippen LogP contribution is 2.41. The van der Waals surface area contributed by atoms with Gasteiger partial charge in [0, 0.05) is 11.0 Å². The summed E-state index contributed by atoms with van der Waals surface area (Å²) in [6.07, 6.45) is -0.527. The fourth-order valence-electron chi connectivity index (χ4n) is 2.51. The molecule has 0 saturated carbocycles. The van der Waals surface area contributed by atoms with Gasteiger partial charge in [-0.05, 0) is 51.0 Å². The van der Waals surface area contributed by atoms with Crippen LogP contribution in [-0.4, -0.2) is 36.3 Å². The van der Waals surface area contributed by atoms with E-state index in [9.17, 15) is 5.11 Å². The molecule has 2 rings (SSSR count). The Morgan fingerprint density at radius 1 is 1.22 bits per heavy atom. The maximum absolute atomic E-state index is 10.9. The third-order valence-corrected chi connectivity index (χ3v) is 3.68. The monoisotopic (exact) mass is 318 g/mol. The minimum absolute atomic E-state index is 0.323.